The van der Waals surface area contributed by atoms with Crippen LogP contribution in [0.4, 0.5) is 0 Å². The number of pyridine rings is 1. The molecular formula is C17H26ClN3O2. The number of likely N-dealkylation sites (tertiary alicyclic amines) is 1. The van der Waals surface area contributed by atoms with Crippen LogP contribution in [-0.2, 0) is 4.79 Å². The van der Waals surface area contributed by atoms with E-state index in [1.165, 1.54) is 6.42 Å². The number of hydrogen-bond donors (Lipinski definition) is 1. The Balaban J connectivity index is 1.84. The van der Waals surface area contributed by atoms with E-state index in [1.54, 1.807) is 6.20 Å². The van der Waals surface area contributed by atoms with Gasteiger partial charge in [-0.05, 0) is 58.8 Å². The van der Waals surface area contributed by atoms with Crippen LogP contribution in [-0.4, -0.2) is 47.6 Å². The van der Waals surface area contributed by atoms with Gasteiger partial charge in [0.25, 0.3) is 0 Å². The zero-order valence-electron chi connectivity index (χ0n) is 14.4. The monoisotopic (exact) mass is 339 g/mol. The molecule has 2 heterocycles. The minimum absolute atomic E-state index is 0.0558. The zero-order valence-corrected chi connectivity index (χ0v) is 15.1. The first-order valence-corrected chi connectivity index (χ1v) is 8.41. The van der Waals surface area contributed by atoms with Gasteiger partial charge in [0.2, 0.25) is 11.8 Å². The lowest BCUT2D eigenvalue weighted by Gasteiger charge is -2.28. The first-order chi connectivity index (χ1) is 10.8. The molecule has 0 saturated carbocycles. The molecule has 5 nitrogen and oxygen atoms in total. The average Bonchev–Trinajstić information content (AvgIpc) is 2.82. The van der Waals surface area contributed by atoms with Crippen molar-refractivity contribution in [2.45, 2.75) is 51.6 Å². The van der Waals surface area contributed by atoms with E-state index >= 15 is 0 Å². The van der Waals surface area contributed by atoms with Gasteiger partial charge in [-0.15, -0.1) is 0 Å². The maximum Gasteiger partial charge on any atom is 0.232 e. The third-order valence-corrected chi connectivity index (χ3v) is 4.35. The summed E-state index contributed by atoms with van der Waals surface area (Å²) in [6.07, 6.45) is 4.49. The predicted molar refractivity (Wildman–Crippen MR) is 92.0 cm³/mol. The SMILES string of the molecule is Cc1cnc(OCC(C)(C)NC(=O)C[C@@H]2CCCN2C)c(Cl)c1. The highest BCUT2D eigenvalue weighted by molar-refractivity contribution is 6.31. The maximum absolute atomic E-state index is 12.2. The third-order valence-electron chi connectivity index (χ3n) is 4.08. The summed E-state index contributed by atoms with van der Waals surface area (Å²) in [4.78, 5) is 18.7. The zero-order chi connectivity index (χ0) is 17.0. The third kappa shape index (κ3) is 5.36. The van der Waals surface area contributed by atoms with E-state index in [0.29, 0.717) is 30.0 Å². The minimum atomic E-state index is -0.482. The second-order valence-corrected chi connectivity index (χ2v) is 7.41. The van der Waals surface area contributed by atoms with Crippen LogP contribution < -0.4 is 10.1 Å². The maximum atomic E-state index is 12.2. The van der Waals surface area contributed by atoms with E-state index in [9.17, 15) is 4.79 Å². The number of rotatable bonds is 6. The molecule has 1 N–H and O–H groups in total. The van der Waals surface area contributed by atoms with Crippen LogP contribution in [0.2, 0.25) is 5.02 Å². The van der Waals surface area contributed by atoms with Crippen LogP contribution in [0, 0.1) is 6.92 Å². The predicted octanol–water partition coefficient (Wildman–Crippen LogP) is 2.80. The largest absolute Gasteiger partial charge is 0.474 e. The van der Waals surface area contributed by atoms with Crippen molar-refractivity contribution in [3.63, 3.8) is 0 Å². The highest BCUT2D eigenvalue weighted by Gasteiger charge is 2.27. The molecule has 0 spiro atoms. The molecule has 1 aromatic heterocycles. The number of hydrogen-bond acceptors (Lipinski definition) is 4. The molecule has 23 heavy (non-hydrogen) atoms. The van der Waals surface area contributed by atoms with Crippen LogP contribution in [0.3, 0.4) is 0 Å². The number of nitrogens with zero attached hydrogens (tertiary/aromatic N) is 2. The summed E-state index contributed by atoms with van der Waals surface area (Å²) in [5.41, 5.74) is 0.500. The molecule has 1 fully saturated rings. The van der Waals surface area contributed by atoms with E-state index < -0.39 is 5.54 Å². The summed E-state index contributed by atoms with van der Waals surface area (Å²) in [7, 11) is 2.07. The molecule has 128 valence electrons. The highest BCUT2D eigenvalue weighted by Crippen LogP contribution is 2.23. The first-order valence-electron chi connectivity index (χ1n) is 8.03. The standard InChI is InChI=1S/C17H26ClN3O2/c1-12-8-14(18)16(19-10-12)23-11-17(2,3)20-15(22)9-13-6-5-7-21(13)4/h8,10,13H,5-7,9,11H2,1-4H3,(H,20,22)/t13-/m0/s1. The number of aromatic nitrogens is 1. The average molecular weight is 340 g/mol. The van der Waals surface area contributed by atoms with Crippen molar-refractivity contribution < 1.29 is 9.53 Å². The number of carbonyl (C=O) groups is 1. The van der Waals surface area contributed by atoms with Gasteiger partial charge in [-0.25, -0.2) is 4.98 Å². The molecule has 6 heteroatoms. The van der Waals surface area contributed by atoms with Gasteiger partial charge in [0.15, 0.2) is 0 Å². The smallest absolute Gasteiger partial charge is 0.232 e. The lowest BCUT2D eigenvalue weighted by Crippen LogP contribution is -2.49. The number of halogens is 1. The number of nitrogens with one attached hydrogen (secondary N) is 1. The lowest BCUT2D eigenvalue weighted by atomic mass is 10.1. The fourth-order valence-electron chi connectivity index (χ4n) is 2.79. The van der Waals surface area contributed by atoms with E-state index in [0.717, 1.165) is 18.5 Å². The van der Waals surface area contributed by atoms with Gasteiger partial charge in [0, 0.05) is 18.7 Å². The van der Waals surface area contributed by atoms with Crippen molar-refractivity contribution in [2.24, 2.45) is 0 Å². The topological polar surface area (TPSA) is 54.5 Å². The van der Waals surface area contributed by atoms with Crippen LogP contribution in [0.25, 0.3) is 0 Å². The summed E-state index contributed by atoms with van der Waals surface area (Å²) in [5, 5.41) is 3.53. The quantitative estimate of drug-likeness (QED) is 0.866. The fourth-order valence-corrected chi connectivity index (χ4v) is 3.07. The molecule has 1 aromatic rings. The Morgan fingerprint density at radius 3 is 2.91 bits per heavy atom. The van der Waals surface area contributed by atoms with Gasteiger partial charge < -0.3 is 15.0 Å². The molecule has 1 saturated heterocycles. The van der Waals surface area contributed by atoms with E-state index in [-0.39, 0.29) is 5.91 Å². The van der Waals surface area contributed by atoms with Crippen molar-refractivity contribution in [2.75, 3.05) is 20.2 Å². The van der Waals surface area contributed by atoms with Crippen molar-refractivity contribution in [1.82, 2.24) is 15.2 Å². The summed E-state index contributed by atoms with van der Waals surface area (Å²) >= 11 is 6.11. The number of aryl methyl sites for hydroxylation is 1. The van der Waals surface area contributed by atoms with Crippen molar-refractivity contribution in [3.8, 4) is 5.88 Å². The molecule has 0 radical (unpaired) electrons. The van der Waals surface area contributed by atoms with Crippen molar-refractivity contribution in [3.05, 3.63) is 22.8 Å². The fraction of sp³-hybridized carbons (Fsp3) is 0.647. The Morgan fingerprint density at radius 1 is 1.57 bits per heavy atom. The number of amides is 1. The Labute approximate surface area is 143 Å². The van der Waals surface area contributed by atoms with Gasteiger partial charge >= 0.3 is 0 Å². The normalized spacial score (nSPS) is 18.9. The molecule has 1 aliphatic heterocycles. The lowest BCUT2D eigenvalue weighted by molar-refractivity contribution is -0.124. The summed E-state index contributed by atoms with van der Waals surface area (Å²) < 4.78 is 5.68. The summed E-state index contributed by atoms with van der Waals surface area (Å²) in [5.74, 6) is 0.454. The first kappa shape index (κ1) is 18.0. The van der Waals surface area contributed by atoms with Crippen molar-refractivity contribution >= 4 is 17.5 Å². The Hall–Kier alpha value is -1.33. The minimum Gasteiger partial charge on any atom is -0.474 e. The van der Waals surface area contributed by atoms with Crippen LogP contribution in [0.5, 0.6) is 5.88 Å². The van der Waals surface area contributed by atoms with Crippen LogP contribution in [0.1, 0.15) is 38.7 Å². The number of ether oxygens (including phenoxy) is 1. The molecular weight excluding hydrogens is 314 g/mol. The molecule has 1 aliphatic rings. The molecule has 0 aromatic carbocycles. The van der Waals surface area contributed by atoms with Gasteiger partial charge in [-0.3, -0.25) is 4.79 Å². The van der Waals surface area contributed by atoms with Gasteiger partial charge in [0.05, 0.1) is 5.54 Å². The highest BCUT2D eigenvalue weighted by atomic mass is 35.5. The molecule has 0 unspecified atom stereocenters. The van der Waals surface area contributed by atoms with Gasteiger partial charge in [0.1, 0.15) is 11.6 Å². The van der Waals surface area contributed by atoms with Crippen LogP contribution in [0.15, 0.2) is 12.3 Å². The Morgan fingerprint density at radius 2 is 2.30 bits per heavy atom. The van der Waals surface area contributed by atoms with Gasteiger partial charge in [-0.2, -0.15) is 0 Å². The second kappa shape index (κ2) is 7.49. The molecule has 0 aliphatic carbocycles. The summed E-state index contributed by atoms with van der Waals surface area (Å²) in [6, 6.07) is 2.16. The van der Waals surface area contributed by atoms with Gasteiger partial charge in [-0.1, -0.05) is 11.6 Å². The molecule has 2 rings (SSSR count). The molecule has 1 amide bonds. The Bertz CT molecular complexity index is 563. The summed E-state index contributed by atoms with van der Waals surface area (Å²) in [6.45, 7) is 7.18. The van der Waals surface area contributed by atoms with Crippen LogP contribution >= 0.6 is 11.6 Å². The van der Waals surface area contributed by atoms with E-state index in [1.807, 2.05) is 26.8 Å². The number of carbonyl (C=O) groups excluding carboxylic acids is 1. The van der Waals surface area contributed by atoms with Crippen molar-refractivity contribution in [1.29, 1.82) is 0 Å². The van der Waals surface area contributed by atoms with E-state index in [4.69, 9.17) is 16.3 Å². The molecule has 0 bridgehead atoms. The van der Waals surface area contributed by atoms with E-state index in [2.05, 4.69) is 22.2 Å². The molecule has 1 atom stereocenters. The Kier molecular flexibility index (Phi) is 5.87. The second-order valence-electron chi connectivity index (χ2n) is 7.00.